The van der Waals surface area contributed by atoms with E-state index in [2.05, 4.69) is 11.1 Å². The predicted octanol–water partition coefficient (Wildman–Crippen LogP) is 1.58. The lowest BCUT2D eigenvalue weighted by Crippen LogP contribution is -2.39. The third-order valence-corrected chi connectivity index (χ3v) is 5.79. The molecule has 2 N–H and O–H groups in total. The van der Waals surface area contributed by atoms with Gasteiger partial charge >= 0.3 is 5.97 Å². The highest BCUT2D eigenvalue weighted by Crippen LogP contribution is 2.51. The van der Waals surface area contributed by atoms with Gasteiger partial charge in [0.15, 0.2) is 0 Å². The number of nitrogens with one attached hydrogen (secondary N) is 1. The molecule has 1 aromatic heterocycles. The summed E-state index contributed by atoms with van der Waals surface area (Å²) in [5, 5.41) is 10.7. The Morgan fingerprint density at radius 3 is 3.08 bits per heavy atom. The van der Waals surface area contributed by atoms with Crippen molar-refractivity contribution in [1.29, 1.82) is 0 Å². The van der Waals surface area contributed by atoms with E-state index in [1.165, 1.54) is 0 Å². The van der Waals surface area contributed by atoms with Gasteiger partial charge in [-0.15, -0.1) is 0 Å². The maximum Gasteiger partial charge on any atom is 0.310 e. The highest BCUT2D eigenvalue weighted by Gasteiger charge is 2.66. The molecule has 1 spiro atoms. The van der Waals surface area contributed by atoms with Gasteiger partial charge in [0.2, 0.25) is 5.91 Å². The van der Waals surface area contributed by atoms with Crippen LogP contribution in [0.4, 0.5) is 0 Å². The molecule has 3 aliphatic rings. The van der Waals surface area contributed by atoms with E-state index in [0.717, 1.165) is 22.9 Å². The van der Waals surface area contributed by atoms with Crippen LogP contribution in [0.15, 0.2) is 42.6 Å². The molecule has 2 saturated heterocycles. The average molecular weight is 338 g/mol. The van der Waals surface area contributed by atoms with Gasteiger partial charge in [0.1, 0.15) is 11.5 Å². The van der Waals surface area contributed by atoms with Crippen LogP contribution in [0.1, 0.15) is 5.56 Å². The molecule has 2 aromatic rings. The van der Waals surface area contributed by atoms with Gasteiger partial charge in [-0.05, 0) is 18.1 Å². The molecular weight excluding hydrogens is 320 g/mol. The minimum atomic E-state index is -0.951. The number of aromatic amines is 1. The number of nitrogens with zero attached hydrogens (tertiary/aromatic N) is 1. The van der Waals surface area contributed by atoms with Crippen LogP contribution in [0.2, 0.25) is 0 Å². The summed E-state index contributed by atoms with van der Waals surface area (Å²) in [4.78, 5) is 29.4. The number of carboxylic acids is 1. The lowest BCUT2D eigenvalue weighted by Gasteiger charge is -2.21. The van der Waals surface area contributed by atoms with Crippen LogP contribution in [-0.4, -0.2) is 51.7 Å². The number of carboxylic acid groups (broad SMARTS) is 1. The molecule has 4 heterocycles. The standard InChI is InChI=1S/C19H18N2O4/c22-17-16-15(18(23)24)14-5-7-19(16,25-14)10-21(17)8-6-11-9-20-13-4-2-1-3-12(11)13/h1-5,7,9,14-16,20H,6,8,10H2,(H,23,24)/t14-,15+,16-,19-/m1/s1. The fourth-order valence-corrected chi connectivity index (χ4v) is 4.64. The predicted molar refractivity (Wildman–Crippen MR) is 89.9 cm³/mol. The zero-order chi connectivity index (χ0) is 17.2. The number of fused-ring (bicyclic) bond motifs is 2. The number of likely N-dealkylation sites (tertiary alicyclic amines) is 1. The van der Waals surface area contributed by atoms with Crippen LogP contribution in [0.25, 0.3) is 10.9 Å². The maximum absolute atomic E-state index is 12.9. The Balaban J connectivity index is 1.37. The third-order valence-electron chi connectivity index (χ3n) is 5.79. The average Bonchev–Trinajstić information content (AvgIpc) is 3.33. The molecule has 1 amide bonds. The van der Waals surface area contributed by atoms with Crippen molar-refractivity contribution in [2.24, 2.45) is 11.8 Å². The fraction of sp³-hybridized carbons (Fsp3) is 0.368. The van der Waals surface area contributed by atoms with Gasteiger partial charge in [-0.3, -0.25) is 9.59 Å². The molecular formula is C19H18N2O4. The monoisotopic (exact) mass is 338 g/mol. The second kappa shape index (κ2) is 4.95. The smallest absolute Gasteiger partial charge is 0.310 e. The number of carbonyl (C=O) groups is 2. The van der Waals surface area contributed by atoms with Crippen LogP contribution >= 0.6 is 0 Å². The number of aromatic nitrogens is 1. The second-order valence-corrected chi connectivity index (χ2v) is 7.11. The van der Waals surface area contributed by atoms with E-state index in [1.54, 1.807) is 11.0 Å². The zero-order valence-corrected chi connectivity index (χ0v) is 13.5. The van der Waals surface area contributed by atoms with Crippen molar-refractivity contribution in [2.45, 2.75) is 18.1 Å². The highest BCUT2D eigenvalue weighted by atomic mass is 16.5. The quantitative estimate of drug-likeness (QED) is 0.829. The maximum atomic E-state index is 12.9. The molecule has 25 heavy (non-hydrogen) atoms. The number of benzene rings is 1. The van der Waals surface area contributed by atoms with Crippen LogP contribution in [0, 0.1) is 11.8 Å². The Kier molecular flexibility index (Phi) is 2.92. The molecule has 128 valence electrons. The molecule has 6 nitrogen and oxygen atoms in total. The molecule has 2 fully saturated rings. The van der Waals surface area contributed by atoms with Crippen molar-refractivity contribution in [1.82, 2.24) is 9.88 Å². The molecule has 5 rings (SSSR count). The van der Waals surface area contributed by atoms with E-state index in [9.17, 15) is 14.7 Å². The number of amides is 1. The summed E-state index contributed by atoms with van der Waals surface area (Å²) in [6.07, 6.45) is 5.93. The number of hydrogen-bond donors (Lipinski definition) is 2. The lowest BCUT2D eigenvalue weighted by atomic mass is 9.77. The van der Waals surface area contributed by atoms with E-state index in [1.807, 2.05) is 30.5 Å². The van der Waals surface area contributed by atoms with E-state index in [4.69, 9.17) is 4.74 Å². The van der Waals surface area contributed by atoms with Crippen LogP contribution in [0.3, 0.4) is 0 Å². The van der Waals surface area contributed by atoms with Crippen molar-refractivity contribution in [2.75, 3.05) is 13.1 Å². The summed E-state index contributed by atoms with van der Waals surface area (Å²) >= 11 is 0. The van der Waals surface area contributed by atoms with Gasteiger partial charge in [0.25, 0.3) is 0 Å². The summed E-state index contributed by atoms with van der Waals surface area (Å²) in [5.74, 6) is -2.41. The first-order chi connectivity index (χ1) is 12.1. The zero-order valence-electron chi connectivity index (χ0n) is 13.5. The first-order valence-electron chi connectivity index (χ1n) is 8.53. The van der Waals surface area contributed by atoms with Crippen LogP contribution in [-0.2, 0) is 20.7 Å². The van der Waals surface area contributed by atoms with Gasteiger partial charge in [-0.2, -0.15) is 0 Å². The van der Waals surface area contributed by atoms with E-state index in [0.29, 0.717) is 13.1 Å². The Bertz CT molecular complexity index is 917. The van der Waals surface area contributed by atoms with Gasteiger partial charge in [0, 0.05) is 23.6 Å². The highest BCUT2D eigenvalue weighted by molar-refractivity contribution is 5.91. The van der Waals surface area contributed by atoms with E-state index < -0.39 is 29.5 Å². The Morgan fingerprint density at radius 1 is 1.40 bits per heavy atom. The lowest BCUT2D eigenvalue weighted by molar-refractivity contribution is -0.148. The first kappa shape index (κ1) is 14.7. The van der Waals surface area contributed by atoms with Crippen LogP contribution in [0.5, 0.6) is 0 Å². The van der Waals surface area contributed by atoms with E-state index in [-0.39, 0.29) is 5.91 Å². The third kappa shape index (κ3) is 1.94. The largest absolute Gasteiger partial charge is 0.481 e. The van der Waals surface area contributed by atoms with Crippen molar-refractivity contribution in [3.63, 3.8) is 0 Å². The number of aliphatic carboxylic acids is 1. The van der Waals surface area contributed by atoms with E-state index >= 15 is 0 Å². The van der Waals surface area contributed by atoms with Gasteiger partial charge in [-0.1, -0.05) is 30.4 Å². The number of para-hydroxylation sites is 1. The minimum Gasteiger partial charge on any atom is -0.481 e. The Labute approximate surface area is 144 Å². The number of ether oxygens (including phenoxy) is 1. The van der Waals surface area contributed by atoms with Crippen LogP contribution < -0.4 is 0 Å². The molecule has 6 heteroatoms. The summed E-state index contributed by atoms with van der Waals surface area (Å²) in [7, 11) is 0. The molecule has 3 aliphatic heterocycles. The number of hydrogen-bond acceptors (Lipinski definition) is 3. The van der Waals surface area contributed by atoms with Crippen molar-refractivity contribution in [3.8, 4) is 0 Å². The van der Waals surface area contributed by atoms with Crippen molar-refractivity contribution < 1.29 is 19.4 Å². The molecule has 2 bridgehead atoms. The van der Waals surface area contributed by atoms with Crippen molar-refractivity contribution in [3.05, 3.63) is 48.2 Å². The number of carbonyl (C=O) groups excluding carboxylic acids is 1. The summed E-state index contributed by atoms with van der Waals surface area (Å²) in [6.45, 7) is 1.00. The van der Waals surface area contributed by atoms with Gasteiger partial charge in [-0.25, -0.2) is 0 Å². The first-order valence-corrected chi connectivity index (χ1v) is 8.53. The fourth-order valence-electron chi connectivity index (χ4n) is 4.64. The normalized spacial score (nSPS) is 32.7. The molecule has 0 unspecified atom stereocenters. The number of H-pyrrole nitrogens is 1. The molecule has 0 saturated carbocycles. The summed E-state index contributed by atoms with van der Waals surface area (Å²) in [6, 6.07) is 8.07. The number of rotatable bonds is 4. The van der Waals surface area contributed by atoms with Crippen molar-refractivity contribution >= 4 is 22.8 Å². The SMILES string of the molecule is O=C(O)[C@H]1[C@H]2C=C[C@]3(CN(CCc4c[nH]c5ccccc45)C(=O)[C@@H]13)O2. The molecule has 0 radical (unpaired) electrons. The molecule has 1 aromatic carbocycles. The summed E-state index contributed by atoms with van der Waals surface area (Å²) in [5.41, 5.74) is 1.50. The minimum absolute atomic E-state index is 0.0981. The molecule has 0 aliphatic carbocycles. The van der Waals surface area contributed by atoms with Gasteiger partial charge in [0.05, 0.1) is 18.6 Å². The second-order valence-electron chi connectivity index (χ2n) is 7.11. The topological polar surface area (TPSA) is 82.6 Å². The molecule has 4 atom stereocenters. The van der Waals surface area contributed by atoms with Gasteiger partial charge < -0.3 is 19.7 Å². The summed E-state index contributed by atoms with van der Waals surface area (Å²) < 4.78 is 5.91. The Morgan fingerprint density at radius 2 is 2.24 bits per heavy atom. The Hall–Kier alpha value is -2.60.